The van der Waals surface area contributed by atoms with Crippen molar-refractivity contribution in [2.24, 2.45) is 0 Å². The Balaban J connectivity index is 1.93. The molecule has 18 heavy (non-hydrogen) atoms. The van der Waals surface area contributed by atoms with Gasteiger partial charge in [-0.1, -0.05) is 0 Å². The van der Waals surface area contributed by atoms with Gasteiger partial charge in [-0.2, -0.15) is 0 Å². The third-order valence-corrected chi connectivity index (χ3v) is 4.58. The van der Waals surface area contributed by atoms with E-state index in [1.54, 1.807) is 17.4 Å². The largest absolute Gasteiger partial charge is 0.299 e. The van der Waals surface area contributed by atoms with Gasteiger partial charge in [-0.3, -0.25) is 9.59 Å². The molecule has 0 amide bonds. The number of hydrogen-bond donors (Lipinski definition) is 0. The van der Waals surface area contributed by atoms with Crippen LogP contribution in [0.25, 0.3) is 0 Å². The van der Waals surface area contributed by atoms with E-state index in [0.717, 1.165) is 9.75 Å². The van der Waals surface area contributed by atoms with Gasteiger partial charge in [0.15, 0.2) is 5.78 Å². The minimum atomic E-state index is -0.0635. The number of Topliss-reactive ketones (excluding diaryl/α,β-unsaturated/α-hetero) is 2. The molecule has 0 fully saturated rings. The van der Waals surface area contributed by atoms with Crippen LogP contribution < -0.4 is 0 Å². The molecule has 2 rings (SSSR count). The van der Waals surface area contributed by atoms with E-state index in [1.807, 2.05) is 32.0 Å². The van der Waals surface area contributed by atoms with E-state index < -0.39 is 0 Å². The molecular weight excluding hydrogens is 264 g/mol. The van der Waals surface area contributed by atoms with Crippen molar-refractivity contribution in [3.05, 3.63) is 43.8 Å². The molecule has 2 aromatic heterocycles. The Morgan fingerprint density at radius 3 is 2.22 bits per heavy atom. The van der Waals surface area contributed by atoms with E-state index in [4.69, 9.17) is 0 Å². The monoisotopic (exact) mass is 278 g/mol. The van der Waals surface area contributed by atoms with E-state index in [1.165, 1.54) is 16.2 Å². The Bertz CT molecular complexity index is 578. The van der Waals surface area contributed by atoms with E-state index in [-0.39, 0.29) is 18.0 Å². The molecule has 0 bridgehead atoms. The van der Waals surface area contributed by atoms with Crippen LogP contribution in [0.4, 0.5) is 0 Å². The number of rotatable bonds is 5. The SMILES string of the molecule is Cc1ccc(CC(=O)CC(=O)c2ccc(C)s2)s1. The van der Waals surface area contributed by atoms with E-state index in [9.17, 15) is 9.59 Å². The molecule has 4 heteroatoms. The number of aryl methyl sites for hydroxylation is 2. The summed E-state index contributed by atoms with van der Waals surface area (Å²) in [6.07, 6.45) is 0.380. The van der Waals surface area contributed by atoms with Gasteiger partial charge >= 0.3 is 0 Å². The number of ketones is 2. The normalized spacial score (nSPS) is 10.6. The first kappa shape index (κ1) is 13.2. The van der Waals surface area contributed by atoms with E-state index in [0.29, 0.717) is 11.3 Å². The smallest absolute Gasteiger partial charge is 0.180 e. The molecule has 94 valence electrons. The Morgan fingerprint density at radius 1 is 1.00 bits per heavy atom. The van der Waals surface area contributed by atoms with Crippen LogP contribution in [-0.2, 0) is 11.2 Å². The molecule has 2 aromatic rings. The summed E-state index contributed by atoms with van der Waals surface area (Å²) in [5, 5.41) is 0. The fourth-order valence-corrected chi connectivity index (χ4v) is 3.41. The minimum Gasteiger partial charge on any atom is -0.299 e. The number of thiophene rings is 2. The Kier molecular flexibility index (Phi) is 4.09. The molecule has 0 radical (unpaired) electrons. The number of carbonyl (C=O) groups excluding carboxylic acids is 2. The van der Waals surface area contributed by atoms with Crippen molar-refractivity contribution >= 4 is 34.2 Å². The summed E-state index contributed by atoms with van der Waals surface area (Å²) >= 11 is 3.06. The molecule has 0 N–H and O–H groups in total. The third-order valence-electron chi connectivity index (χ3n) is 2.54. The van der Waals surface area contributed by atoms with Crippen molar-refractivity contribution in [1.82, 2.24) is 0 Å². The van der Waals surface area contributed by atoms with Crippen molar-refractivity contribution in [1.29, 1.82) is 0 Å². The van der Waals surface area contributed by atoms with Crippen LogP contribution in [0.3, 0.4) is 0 Å². The number of carbonyl (C=O) groups is 2. The van der Waals surface area contributed by atoms with Gasteiger partial charge < -0.3 is 0 Å². The summed E-state index contributed by atoms with van der Waals surface area (Å²) in [6, 6.07) is 7.66. The summed E-state index contributed by atoms with van der Waals surface area (Å²) in [7, 11) is 0. The van der Waals surface area contributed by atoms with Gasteiger partial charge in [0.1, 0.15) is 5.78 Å². The topological polar surface area (TPSA) is 34.1 Å². The van der Waals surface area contributed by atoms with Gasteiger partial charge in [0.05, 0.1) is 11.3 Å². The predicted octanol–water partition coefficient (Wildman–Crippen LogP) is 3.81. The standard InChI is InChI=1S/C14H14O2S2/c1-9-3-5-12(17-9)7-11(15)8-13(16)14-6-4-10(2)18-14/h3-6H,7-8H2,1-2H3. The highest BCUT2D eigenvalue weighted by molar-refractivity contribution is 7.14. The molecule has 0 aliphatic carbocycles. The van der Waals surface area contributed by atoms with Crippen LogP contribution in [0.2, 0.25) is 0 Å². The van der Waals surface area contributed by atoms with E-state index >= 15 is 0 Å². The highest BCUT2D eigenvalue weighted by Gasteiger charge is 2.14. The lowest BCUT2D eigenvalue weighted by Crippen LogP contribution is -2.08. The fraction of sp³-hybridized carbons (Fsp3) is 0.286. The first-order chi connectivity index (χ1) is 8.54. The van der Waals surface area contributed by atoms with Crippen LogP contribution >= 0.6 is 22.7 Å². The van der Waals surface area contributed by atoms with Crippen LogP contribution in [0.15, 0.2) is 24.3 Å². The highest BCUT2D eigenvalue weighted by Crippen LogP contribution is 2.19. The first-order valence-electron chi connectivity index (χ1n) is 5.71. The lowest BCUT2D eigenvalue weighted by molar-refractivity contribution is -0.117. The van der Waals surface area contributed by atoms with Crippen LogP contribution in [0.1, 0.15) is 30.7 Å². The van der Waals surface area contributed by atoms with Crippen molar-refractivity contribution in [3.8, 4) is 0 Å². The molecular formula is C14H14O2S2. The zero-order valence-corrected chi connectivity index (χ0v) is 12.0. The van der Waals surface area contributed by atoms with E-state index in [2.05, 4.69) is 0 Å². The maximum absolute atomic E-state index is 11.9. The molecule has 0 unspecified atom stereocenters. The van der Waals surface area contributed by atoms with Crippen molar-refractivity contribution in [2.75, 3.05) is 0 Å². The second-order valence-corrected chi connectivity index (χ2v) is 6.90. The summed E-state index contributed by atoms with van der Waals surface area (Å²) < 4.78 is 0. The Morgan fingerprint density at radius 2 is 1.67 bits per heavy atom. The maximum atomic E-state index is 11.9. The summed E-state index contributed by atoms with van der Waals surface area (Å²) in [5.41, 5.74) is 0. The van der Waals surface area contributed by atoms with Gasteiger partial charge in [-0.25, -0.2) is 0 Å². The highest BCUT2D eigenvalue weighted by atomic mass is 32.1. The quantitative estimate of drug-likeness (QED) is 0.615. The zero-order chi connectivity index (χ0) is 13.1. The Hall–Kier alpha value is -1.26. The summed E-state index contributed by atoms with van der Waals surface area (Å²) in [5.74, 6) is -0.0701. The second kappa shape index (κ2) is 5.59. The lowest BCUT2D eigenvalue weighted by atomic mass is 10.1. The summed E-state index contributed by atoms with van der Waals surface area (Å²) in [6.45, 7) is 3.97. The van der Waals surface area contributed by atoms with Crippen LogP contribution in [0.5, 0.6) is 0 Å². The van der Waals surface area contributed by atoms with Crippen molar-refractivity contribution < 1.29 is 9.59 Å². The van der Waals surface area contributed by atoms with Crippen LogP contribution in [-0.4, -0.2) is 11.6 Å². The second-order valence-electron chi connectivity index (χ2n) is 4.24. The van der Waals surface area contributed by atoms with Gasteiger partial charge in [-0.15, -0.1) is 22.7 Å². The molecule has 0 atom stereocenters. The lowest BCUT2D eigenvalue weighted by Gasteiger charge is -1.97. The molecule has 0 aliphatic rings. The molecule has 0 spiro atoms. The summed E-state index contributed by atoms with van der Waals surface area (Å²) in [4.78, 5) is 27.7. The zero-order valence-electron chi connectivity index (χ0n) is 10.4. The third kappa shape index (κ3) is 3.37. The van der Waals surface area contributed by atoms with Crippen molar-refractivity contribution in [2.45, 2.75) is 26.7 Å². The first-order valence-corrected chi connectivity index (χ1v) is 7.34. The molecule has 2 nitrogen and oxygen atoms in total. The number of hydrogen-bond acceptors (Lipinski definition) is 4. The molecule has 0 aromatic carbocycles. The van der Waals surface area contributed by atoms with Gasteiger partial charge in [0.25, 0.3) is 0 Å². The molecule has 0 aliphatic heterocycles. The molecule has 2 heterocycles. The van der Waals surface area contributed by atoms with Gasteiger partial charge in [-0.05, 0) is 38.1 Å². The van der Waals surface area contributed by atoms with Gasteiger partial charge in [0.2, 0.25) is 0 Å². The average molecular weight is 278 g/mol. The van der Waals surface area contributed by atoms with Crippen molar-refractivity contribution in [3.63, 3.8) is 0 Å². The fourth-order valence-electron chi connectivity index (χ4n) is 1.69. The Labute approximate surface area is 114 Å². The molecule has 0 saturated carbocycles. The maximum Gasteiger partial charge on any atom is 0.180 e. The van der Waals surface area contributed by atoms with Crippen LogP contribution in [0, 0.1) is 13.8 Å². The average Bonchev–Trinajstić information content (AvgIpc) is 2.87. The molecule has 0 saturated heterocycles. The minimum absolute atomic E-state index is 0.00657. The predicted molar refractivity (Wildman–Crippen MR) is 75.8 cm³/mol. The van der Waals surface area contributed by atoms with Gasteiger partial charge in [0, 0.05) is 21.1 Å².